The Balaban J connectivity index is 1.12. The predicted octanol–water partition coefficient (Wildman–Crippen LogP) is 5.20. The van der Waals surface area contributed by atoms with E-state index >= 15 is 0 Å². The number of rotatable bonds is 7. The van der Waals surface area contributed by atoms with Gasteiger partial charge in [0.2, 0.25) is 0 Å². The first kappa shape index (κ1) is 26.0. The molecule has 6 nitrogen and oxygen atoms in total. The molecule has 0 spiro atoms. The van der Waals surface area contributed by atoms with Gasteiger partial charge in [-0.3, -0.25) is 4.79 Å². The molecule has 0 amide bonds. The third-order valence-electron chi connectivity index (χ3n) is 8.56. The first-order valence-electron chi connectivity index (χ1n) is 14.2. The molecule has 41 heavy (non-hydrogen) atoms. The second-order valence-corrected chi connectivity index (χ2v) is 11.0. The van der Waals surface area contributed by atoms with Crippen LogP contribution in [0.1, 0.15) is 34.2 Å². The number of fused-ring (bicyclic) bond motifs is 4. The van der Waals surface area contributed by atoms with Gasteiger partial charge < -0.3 is 24.1 Å². The van der Waals surface area contributed by atoms with E-state index in [1.165, 1.54) is 33.4 Å². The fourth-order valence-electron chi connectivity index (χ4n) is 6.65. The van der Waals surface area contributed by atoms with Gasteiger partial charge in [-0.15, -0.1) is 0 Å². The molecule has 0 saturated carbocycles. The topological polar surface area (TPSA) is 74.2 Å². The van der Waals surface area contributed by atoms with Crippen molar-refractivity contribution in [2.75, 3.05) is 19.8 Å². The maximum absolute atomic E-state index is 12.5. The Bertz CT molecular complexity index is 1520. The van der Waals surface area contributed by atoms with Crippen molar-refractivity contribution in [3.05, 3.63) is 125 Å². The van der Waals surface area contributed by atoms with Crippen molar-refractivity contribution in [3.63, 3.8) is 0 Å². The summed E-state index contributed by atoms with van der Waals surface area (Å²) in [4.78, 5) is 12.5. The van der Waals surface area contributed by atoms with E-state index in [9.17, 15) is 9.90 Å². The van der Waals surface area contributed by atoms with E-state index < -0.39 is 29.8 Å². The van der Waals surface area contributed by atoms with Crippen LogP contribution in [0.2, 0.25) is 0 Å². The average Bonchev–Trinajstić information content (AvgIpc) is 3.66. The summed E-state index contributed by atoms with van der Waals surface area (Å²) in [6.45, 7) is 2.73. The summed E-state index contributed by atoms with van der Waals surface area (Å²) in [6.07, 6.45) is -1.91. The van der Waals surface area contributed by atoms with Crippen molar-refractivity contribution in [1.29, 1.82) is 0 Å². The molecular formula is C35H32O6. The maximum Gasteiger partial charge on any atom is 0.309 e. The van der Waals surface area contributed by atoms with E-state index in [0.29, 0.717) is 5.75 Å². The van der Waals surface area contributed by atoms with Crippen molar-refractivity contribution < 1.29 is 28.8 Å². The number of carbonyl (C=O) groups is 1. The van der Waals surface area contributed by atoms with E-state index in [0.717, 1.165) is 5.56 Å². The van der Waals surface area contributed by atoms with Crippen molar-refractivity contribution in [2.24, 2.45) is 0 Å². The summed E-state index contributed by atoms with van der Waals surface area (Å²) in [5, 5.41) is 9.89. The van der Waals surface area contributed by atoms with Crippen LogP contribution in [0, 0.1) is 6.92 Å². The first-order chi connectivity index (χ1) is 20.1. The smallest absolute Gasteiger partial charge is 0.309 e. The lowest BCUT2D eigenvalue weighted by atomic mass is 9.67. The Kier molecular flexibility index (Phi) is 6.62. The minimum atomic E-state index is -0.675. The Labute approximate surface area is 239 Å². The monoisotopic (exact) mass is 548 g/mol. The molecule has 1 N–H and O–H groups in total. The maximum atomic E-state index is 12.5. The number of carbonyl (C=O) groups excluding carboxylic acids is 1. The lowest BCUT2D eigenvalue weighted by Gasteiger charge is -2.34. The molecule has 2 heterocycles. The number of ether oxygens (including phenoxy) is 4. The number of benzene rings is 4. The predicted molar refractivity (Wildman–Crippen MR) is 154 cm³/mol. The molecule has 7 rings (SSSR count). The lowest BCUT2D eigenvalue weighted by Crippen LogP contribution is -2.34. The summed E-state index contributed by atoms with van der Waals surface area (Å²) in [5.74, 6) is 0.310. The summed E-state index contributed by atoms with van der Waals surface area (Å²) in [6, 6.07) is 34.4. The van der Waals surface area contributed by atoms with Crippen LogP contribution in [0.25, 0.3) is 11.1 Å². The highest BCUT2D eigenvalue weighted by Crippen LogP contribution is 2.56. The number of aliphatic hydroxyl groups excluding tert-OH is 1. The molecule has 208 valence electrons. The Morgan fingerprint density at radius 2 is 1.39 bits per heavy atom. The molecule has 3 aliphatic rings. The molecule has 6 heteroatoms. The largest absolute Gasteiger partial charge is 0.493 e. The molecule has 4 atom stereocenters. The third kappa shape index (κ3) is 4.34. The Hall–Kier alpha value is -3.97. The van der Waals surface area contributed by atoms with E-state index in [2.05, 4.69) is 91.9 Å². The van der Waals surface area contributed by atoms with Gasteiger partial charge in [0, 0.05) is 0 Å². The molecular weight excluding hydrogens is 516 g/mol. The number of hydrogen-bond donors (Lipinski definition) is 1. The highest BCUT2D eigenvalue weighted by Gasteiger charge is 2.49. The summed E-state index contributed by atoms with van der Waals surface area (Å²) >= 11 is 0. The second kappa shape index (κ2) is 10.5. The van der Waals surface area contributed by atoms with Crippen LogP contribution >= 0.6 is 0 Å². The molecule has 4 aromatic rings. The average molecular weight is 549 g/mol. The number of aliphatic hydroxyl groups is 1. The number of esters is 1. The van der Waals surface area contributed by atoms with Crippen LogP contribution in [0.4, 0.5) is 0 Å². The second-order valence-electron chi connectivity index (χ2n) is 11.0. The summed E-state index contributed by atoms with van der Waals surface area (Å²) in [7, 11) is 0. The van der Waals surface area contributed by atoms with Gasteiger partial charge in [-0.1, -0.05) is 90.5 Å². The van der Waals surface area contributed by atoms with Crippen molar-refractivity contribution in [3.8, 4) is 16.9 Å². The van der Waals surface area contributed by atoms with Gasteiger partial charge >= 0.3 is 5.97 Å². The molecule has 0 aromatic heterocycles. The standard InChI is InChI=1S/C35H32O6/c1-22-10-12-23(13-11-22)35(28-8-4-2-6-26(28)27-7-3-5-9-29(27)35)24-14-16-25(17-15-24)38-19-18-32(37)41-31-21-40-33-30(36)20-39-34(31)33/h2-17,30-31,33-34,36H,18-21H2,1H3. The van der Waals surface area contributed by atoms with E-state index in [1.807, 2.05) is 12.1 Å². The van der Waals surface area contributed by atoms with Crippen LogP contribution in [0.15, 0.2) is 97.1 Å². The molecule has 4 unspecified atom stereocenters. The zero-order valence-corrected chi connectivity index (χ0v) is 22.9. The van der Waals surface area contributed by atoms with Gasteiger partial charge in [0.15, 0.2) is 6.10 Å². The zero-order valence-electron chi connectivity index (χ0n) is 22.9. The zero-order chi connectivity index (χ0) is 28.0. The summed E-state index contributed by atoms with van der Waals surface area (Å²) < 4.78 is 22.6. The third-order valence-corrected chi connectivity index (χ3v) is 8.56. The van der Waals surface area contributed by atoms with Crippen molar-refractivity contribution in [1.82, 2.24) is 0 Å². The van der Waals surface area contributed by atoms with E-state index in [1.54, 1.807) is 0 Å². The molecule has 2 aliphatic heterocycles. The van der Waals surface area contributed by atoms with Gasteiger partial charge in [-0.05, 0) is 52.4 Å². The summed E-state index contributed by atoms with van der Waals surface area (Å²) in [5.41, 5.74) is 8.16. The number of aryl methyl sites for hydroxylation is 1. The van der Waals surface area contributed by atoms with Crippen molar-refractivity contribution in [2.45, 2.75) is 43.2 Å². The first-order valence-corrected chi connectivity index (χ1v) is 14.2. The molecule has 2 fully saturated rings. The number of hydrogen-bond acceptors (Lipinski definition) is 6. The highest BCUT2D eigenvalue weighted by atomic mass is 16.6. The normalized spacial score (nSPS) is 23.5. The van der Waals surface area contributed by atoms with Crippen LogP contribution in [-0.4, -0.2) is 55.3 Å². The quantitative estimate of drug-likeness (QED) is 0.282. The molecule has 2 saturated heterocycles. The molecule has 4 aromatic carbocycles. The minimum Gasteiger partial charge on any atom is -0.493 e. The van der Waals surface area contributed by atoms with Gasteiger partial charge in [-0.2, -0.15) is 0 Å². The molecule has 0 bridgehead atoms. The van der Waals surface area contributed by atoms with Gasteiger partial charge in [0.25, 0.3) is 0 Å². The Morgan fingerprint density at radius 1 is 0.805 bits per heavy atom. The fraction of sp³-hybridized carbons (Fsp3) is 0.286. The van der Waals surface area contributed by atoms with Crippen LogP contribution in [-0.2, 0) is 24.4 Å². The van der Waals surface area contributed by atoms with Crippen molar-refractivity contribution >= 4 is 5.97 Å². The van der Waals surface area contributed by atoms with E-state index in [-0.39, 0.29) is 32.2 Å². The van der Waals surface area contributed by atoms with Crippen LogP contribution < -0.4 is 4.74 Å². The van der Waals surface area contributed by atoms with Crippen LogP contribution in [0.3, 0.4) is 0 Å². The lowest BCUT2D eigenvalue weighted by molar-refractivity contribution is -0.154. The molecule has 0 radical (unpaired) electrons. The molecule has 1 aliphatic carbocycles. The van der Waals surface area contributed by atoms with E-state index in [4.69, 9.17) is 18.9 Å². The van der Waals surface area contributed by atoms with Crippen LogP contribution in [0.5, 0.6) is 5.75 Å². The van der Waals surface area contributed by atoms with Gasteiger partial charge in [0.05, 0.1) is 31.7 Å². The highest BCUT2D eigenvalue weighted by molar-refractivity contribution is 5.86. The SMILES string of the molecule is Cc1ccc(C2(c3ccc(OCCC(=O)OC4COC5C(O)COC45)cc3)c3ccccc3-c3ccccc32)cc1. The van der Waals surface area contributed by atoms with Gasteiger partial charge in [0.1, 0.15) is 24.1 Å². The minimum absolute atomic E-state index is 0.103. The fourth-order valence-corrected chi connectivity index (χ4v) is 6.65. The van der Waals surface area contributed by atoms with Gasteiger partial charge in [-0.25, -0.2) is 0 Å². The Morgan fingerprint density at radius 3 is 2.05 bits per heavy atom.